The van der Waals surface area contributed by atoms with Gasteiger partial charge in [-0.25, -0.2) is 0 Å². The van der Waals surface area contributed by atoms with Crippen LogP contribution in [0.4, 0.5) is 0 Å². The summed E-state index contributed by atoms with van der Waals surface area (Å²) in [6.45, 7) is 4.41. The maximum atomic E-state index is 2.29. The number of unbranched alkanes of at least 4 members (excludes halogenated alkanes) is 1. The van der Waals surface area contributed by atoms with E-state index < -0.39 is 0 Å². The van der Waals surface area contributed by atoms with Crippen LogP contribution >= 0.6 is 11.9 Å². The van der Waals surface area contributed by atoms with E-state index in [9.17, 15) is 0 Å². The summed E-state index contributed by atoms with van der Waals surface area (Å²) in [4.78, 5) is 0. The van der Waals surface area contributed by atoms with Crippen molar-refractivity contribution in [3.05, 3.63) is 42.2 Å². The molecule has 2 aromatic rings. The van der Waals surface area contributed by atoms with Gasteiger partial charge in [0.2, 0.25) is 0 Å². The molecule has 84 valence electrons. The van der Waals surface area contributed by atoms with Gasteiger partial charge in [-0.15, -0.1) is 3.97 Å². The van der Waals surface area contributed by atoms with Crippen LogP contribution in [0.5, 0.6) is 0 Å². The van der Waals surface area contributed by atoms with Crippen molar-refractivity contribution in [2.75, 3.05) is 5.75 Å². The zero-order chi connectivity index (χ0) is 11.4. The Morgan fingerprint density at radius 2 is 1.94 bits per heavy atom. The number of aryl methyl sites for hydroxylation is 1. The summed E-state index contributed by atoms with van der Waals surface area (Å²) in [6.07, 6.45) is 4.79. The van der Waals surface area contributed by atoms with Gasteiger partial charge in [-0.2, -0.15) is 0 Å². The molecule has 0 spiro atoms. The molecule has 0 bridgehead atoms. The van der Waals surface area contributed by atoms with Gasteiger partial charge in [0.15, 0.2) is 23.8 Å². The standard InChI is InChI=1S/C14H18NS/c1-3-4-9-16-15-11-14-8-6-5-7-13(14)10-12(15)2/h5-8,10-11H,3-4,9H2,1-2H3/q+1. The van der Waals surface area contributed by atoms with E-state index in [0.29, 0.717) is 0 Å². The van der Waals surface area contributed by atoms with Crippen molar-refractivity contribution < 1.29 is 3.97 Å². The first kappa shape index (κ1) is 11.5. The Morgan fingerprint density at radius 1 is 1.19 bits per heavy atom. The predicted octanol–water partition coefficient (Wildman–Crippen LogP) is 3.73. The third kappa shape index (κ3) is 2.56. The fourth-order valence-electron chi connectivity index (χ4n) is 1.72. The van der Waals surface area contributed by atoms with E-state index in [0.717, 1.165) is 0 Å². The van der Waals surface area contributed by atoms with E-state index in [1.165, 1.54) is 35.1 Å². The largest absolute Gasteiger partial charge is 0.193 e. The van der Waals surface area contributed by atoms with Crippen LogP contribution in [0.25, 0.3) is 10.8 Å². The molecule has 0 amide bonds. The molecule has 2 rings (SSSR count). The highest BCUT2D eigenvalue weighted by molar-refractivity contribution is 7.92. The van der Waals surface area contributed by atoms with Crippen LogP contribution in [-0.2, 0) is 0 Å². The summed E-state index contributed by atoms with van der Waals surface area (Å²) < 4.78 is 2.29. The summed E-state index contributed by atoms with van der Waals surface area (Å²) in [6, 6.07) is 10.8. The second kappa shape index (κ2) is 5.35. The number of aromatic nitrogens is 1. The summed E-state index contributed by atoms with van der Waals surface area (Å²) in [5.41, 5.74) is 1.32. The lowest BCUT2D eigenvalue weighted by molar-refractivity contribution is -0.500. The van der Waals surface area contributed by atoms with Gasteiger partial charge in [0.25, 0.3) is 0 Å². The Kier molecular flexibility index (Phi) is 3.83. The van der Waals surface area contributed by atoms with Gasteiger partial charge in [-0.3, -0.25) is 0 Å². The quantitative estimate of drug-likeness (QED) is 0.574. The van der Waals surface area contributed by atoms with Gasteiger partial charge >= 0.3 is 0 Å². The van der Waals surface area contributed by atoms with Crippen molar-refractivity contribution in [1.82, 2.24) is 0 Å². The summed E-state index contributed by atoms with van der Waals surface area (Å²) in [7, 11) is 0. The molecule has 0 saturated carbocycles. The minimum atomic E-state index is 1.19. The molecule has 0 fully saturated rings. The molecule has 0 aliphatic carbocycles. The van der Waals surface area contributed by atoms with Gasteiger partial charge in [0.05, 0.1) is 5.75 Å². The number of hydrogen-bond acceptors (Lipinski definition) is 1. The average Bonchev–Trinajstić information content (AvgIpc) is 2.30. The molecule has 1 aromatic carbocycles. The molecule has 2 heteroatoms. The zero-order valence-corrected chi connectivity index (χ0v) is 10.8. The molecule has 0 unspecified atom stereocenters. The Balaban J connectivity index is 2.27. The second-order valence-corrected chi connectivity index (χ2v) is 5.12. The number of hydrogen-bond donors (Lipinski definition) is 0. The van der Waals surface area contributed by atoms with E-state index >= 15 is 0 Å². The van der Waals surface area contributed by atoms with E-state index in [4.69, 9.17) is 0 Å². The van der Waals surface area contributed by atoms with Crippen LogP contribution in [0, 0.1) is 6.92 Å². The Morgan fingerprint density at radius 3 is 2.69 bits per heavy atom. The lowest BCUT2D eigenvalue weighted by Crippen LogP contribution is -2.29. The van der Waals surface area contributed by atoms with Crippen molar-refractivity contribution >= 4 is 22.7 Å². The average molecular weight is 232 g/mol. The fraction of sp³-hybridized carbons (Fsp3) is 0.357. The third-order valence-corrected chi connectivity index (χ3v) is 3.84. The van der Waals surface area contributed by atoms with E-state index in [1.54, 1.807) is 0 Å². The molecule has 0 aliphatic heterocycles. The molecular weight excluding hydrogens is 214 g/mol. The van der Waals surface area contributed by atoms with Crippen molar-refractivity contribution in [1.29, 1.82) is 0 Å². The monoisotopic (exact) mass is 232 g/mol. The predicted molar refractivity (Wildman–Crippen MR) is 71.6 cm³/mol. The number of benzene rings is 1. The number of rotatable bonds is 4. The molecule has 0 aliphatic rings. The summed E-state index contributed by atoms with van der Waals surface area (Å²) in [5, 5.41) is 2.64. The van der Waals surface area contributed by atoms with E-state index in [-0.39, 0.29) is 0 Å². The Hall–Kier alpha value is -1.02. The second-order valence-electron chi connectivity index (χ2n) is 4.06. The summed E-state index contributed by atoms with van der Waals surface area (Å²) >= 11 is 1.90. The summed E-state index contributed by atoms with van der Waals surface area (Å²) in [5.74, 6) is 1.19. The third-order valence-electron chi connectivity index (χ3n) is 2.69. The first-order valence-electron chi connectivity index (χ1n) is 5.85. The SMILES string of the molecule is CCCCS[n+]1cc2ccccc2cc1C. The van der Waals surface area contributed by atoms with Gasteiger partial charge in [-0.1, -0.05) is 31.5 Å². The zero-order valence-electron chi connectivity index (χ0n) is 9.94. The minimum absolute atomic E-state index is 1.19. The maximum absolute atomic E-state index is 2.29. The van der Waals surface area contributed by atoms with Gasteiger partial charge in [-0.05, 0) is 17.9 Å². The molecule has 1 nitrogen and oxygen atoms in total. The van der Waals surface area contributed by atoms with Crippen LogP contribution < -0.4 is 3.97 Å². The lowest BCUT2D eigenvalue weighted by Gasteiger charge is -2.00. The molecule has 0 atom stereocenters. The fourth-order valence-corrected chi connectivity index (χ4v) is 2.78. The molecule has 16 heavy (non-hydrogen) atoms. The van der Waals surface area contributed by atoms with Crippen LogP contribution in [0.2, 0.25) is 0 Å². The smallest absolute Gasteiger partial charge is 0.131 e. The molecule has 1 aromatic heterocycles. The molecule has 1 heterocycles. The van der Waals surface area contributed by atoms with Crippen molar-refractivity contribution in [2.45, 2.75) is 26.7 Å². The van der Waals surface area contributed by atoms with Crippen molar-refractivity contribution in [3.63, 3.8) is 0 Å². The normalized spacial score (nSPS) is 10.9. The topological polar surface area (TPSA) is 3.88 Å². The molecule has 0 saturated heterocycles. The highest BCUT2D eigenvalue weighted by Gasteiger charge is 2.09. The van der Waals surface area contributed by atoms with Crippen LogP contribution in [0.15, 0.2) is 36.5 Å². The molecular formula is C14H18NS+. The number of nitrogens with zero attached hydrogens (tertiary/aromatic N) is 1. The van der Waals surface area contributed by atoms with Gasteiger partial charge < -0.3 is 0 Å². The van der Waals surface area contributed by atoms with Crippen molar-refractivity contribution in [3.8, 4) is 0 Å². The molecule has 0 N–H and O–H groups in total. The lowest BCUT2D eigenvalue weighted by atomic mass is 10.1. The van der Waals surface area contributed by atoms with Gasteiger partial charge in [0, 0.05) is 18.4 Å². The first-order chi connectivity index (χ1) is 7.81. The number of fused-ring (bicyclic) bond motifs is 1. The van der Waals surface area contributed by atoms with E-state index in [1.807, 2.05) is 11.9 Å². The Labute approximate surface area is 102 Å². The van der Waals surface area contributed by atoms with Crippen LogP contribution in [0.1, 0.15) is 25.5 Å². The first-order valence-corrected chi connectivity index (χ1v) is 6.80. The van der Waals surface area contributed by atoms with Crippen LogP contribution in [0.3, 0.4) is 0 Å². The maximum Gasteiger partial charge on any atom is 0.193 e. The molecule has 0 radical (unpaired) electrons. The highest BCUT2D eigenvalue weighted by Crippen LogP contribution is 2.14. The Bertz CT molecular complexity index is 479. The number of pyridine rings is 1. The van der Waals surface area contributed by atoms with E-state index in [2.05, 4.69) is 54.3 Å². The van der Waals surface area contributed by atoms with Crippen molar-refractivity contribution in [2.24, 2.45) is 0 Å². The highest BCUT2D eigenvalue weighted by atomic mass is 32.2. The van der Waals surface area contributed by atoms with Crippen LogP contribution in [-0.4, -0.2) is 5.75 Å². The minimum Gasteiger partial charge on any atom is -0.131 e. The van der Waals surface area contributed by atoms with Gasteiger partial charge in [0.1, 0.15) is 0 Å².